The van der Waals surface area contributed by atoms with Gasteiger partial charge in [0.1, 0.15) is 5.82 Å². The number of halogens is 1. The van der Waals surface area contributed by atoms with Crippen LogP contribution in [0.4, 0.5) is 5.82 Å². The van der Waals surface area contributed by atoms with Crippen molar-refractivity contribution in [1.29, 1.82) is 0 Å². The van der Waals surface area contributed by atoms with Crippen LogP contribution in [0.2, 0.25) is 0 Å². The van der Waals surface area contributed by atoms with Crippen LogP contribution in [0, 0.1) is 0 Å². The van der Waals surface area contributed by atoms with Crippen LogP contribution in [0.1, 0.15) is 26.3 Å². The van der Waals surface area contributed by atoms with E-state index in [1.54, 1.807) is 0 Å². The Kier molecular flexibility index (Phi) is 4.48. The highest BCUT2D eigenvalue weighted by Gasteiger charge is 2.32. The fourth-order valence-electron chi connectivity index (χ4n) is 2.69. The Labute approximate surface area is 123 Å². The van der Waals surface area contributed by atoms with Crippen LogP contribution in [0.15, 0.2) is 16.7 Å². The predicted molar refractivity (Wildman–Crippen MR) is 81.5 cm³/mol. The minimum absolute atomic E-state index is 0.136. The average molecular weight is 328 g/mol. The summed E-state index contributed by atoms with van der Waals surface area (Å²) in [7, 11) is 1.95. The van der Waals surface area contributed by atoms with E-state index in [-0.39, 0.29) is 11.7 Å². The van der Waals surface area contributed by atoms with Crippen molar-refractivity contribution >= 4 is 21.7 Å². The van der Waals surface area contributed by atoms with E-state index in [0.29, 0.717) is 0 Å². The quantitative estimate of drug-likeness (QED) is 0.925. The van der Waals surface area contributed by atoms with Gasteiger partial charge in [0.25, 0.3) is 0 Å². The first-order chi connectivity index (χ1) is 8.91. The fraction of sp³-hybridized carbons (Fsp3) is 0.643. The highest BCUT2D eigenvalue weighted by Crippen LogP contribution is 2.28. The van der Waals surface area contributed by atoms with E-state index in [1.807, 2.05) is 13.2 Å². The predicted octanol–water partition coefficient (Wildman–Crippen LogP) is 2.57. The summed E-state index contributed by atoms with van der Waals surface area (Å²) in [6, 6.07) is 2.13. The summed E-state index contributed by atoms with van der Waals surface area (Å²) in [6.45, 7) is 8.94. The van der Waals surface area contributed by atoms with Crippen LogP contribution in [0.5, 0.6) is 0 Å². The molecular weight excluding hydrogens is 306 g/mol. The van der Waals surface area contributed by atoms with Crippen LogP contribution in [-0.4, -0.2) is 36.8 Å². The van der Waals surface area contributed by atoms with Gasteiger partial charge >= 0.3 is 0 Å². The molecule has 1 atom stereocenters. The first-order valence-electron chi connectivity index (χ1n) is 6.63. The van der Waals surface area contributed by atoms with Gasteiger partial charge in [-0.15, -0.1) is 0 Å². The molecule has 5 heteroatoms. The van der Waals surface area contributed by atoms with Gasteiger partial charge in [-0.25, -0.2) is 4.98 Å². The van der Waals surface area contributed by atoms with Gasteiger partial charge in [0.15, 0.2) is 0 Å². The van der Waals surface area contributed by atoms with Gasteiger partial charge in [-0.05, 0) is 49.8 Å². The lowest BCUT2D eigenvalue weighted by molar-refractivity contribution is -0.0752. The van der Waals surface area contributed by atoms with Crippen molar-refractivity contribution in [3.05, 3.63) is 22.3 Å². The van der Waals surface area contributed by atoms with Gasteiger partial charge in [-0.3, -0.25) is 0 Å². The van der Waals surface area contributed by atoms with E-state index >= 15 is 0 Å². The molecule has 1 saturated heterocycles. The third-order valence-electron chi connectivity index (χ3n) is 3.15. The molecule has 2 rings (SSSR count). The normalized spacial score (nSPS) is 22.6. The molecule has 1 aliphatic rings. The standard InChI is InChI=1S/C14H22BrN3O/c1-10-8-18(9-14(2,3)19-10)13-11(6-16-4)5-12(15)7-17-13/h5,7,10,16H,6,8-9H2,1-4H3. The molecule has 19 heavy (non-hydrogen) atoms. The number of hydrogen-bond donors (Lipinski definition) is 1. The molecule has 1 aromatic rings. The smallest absolute Gasteiger partial charge is 0.133 e. The maximum Gasteiger partial charge on any atom is 0.133 e. The summed E-state index contributed by atoms with van der Waals surface area (Å²) in [5.41, 5.74) is 1.07. The van der Waals surface area contributed by atoms with Gasteiger partial charge in [0.2, 0.25) is 0 Å². The van der Waals surface area contributed by atoms with E-state index in [0.717, 1.165) is 29.9 Å². The maximum absolute atomic E-state index is 5.95. The number of ether oxygens (including phenoxy) is 1. The zero-order valence-electron chi connectivity index (χ0n) is 12.0. The van der Waals surface area contributed by atoms with Crippen LogP contribution in [0.3, 0.4) is 0 Å². The summed E-state index contributed by atoms with van der Waals surface area (Å²) in [5, 5.41) is 3.20. The SMILES string of the molecule is CNCc1cc(Br)cnc1N1CC(C)OC(C)(C)C1. The molecule has 2 heterocycles. The number of hydrogen-bond acceptors (Lipinski definition) is 4. The Balaban J connectivity index is 2.30. The molecule has 0 radical (unpaired) electrons. The summed E-state index contributed by atoms with van der Waals surface area (Å²) >= 11 is 3.49. The van der Waals surface area contributed by atoms with Crippen LogP contribution in [0.25, 0.3) is 0 Å². The van der Waals surface area contributed by atoms with E-state index in [9.17, 15) is 0 Å². The number of morpholine rings is 1. The lowest BCUT2D eigenvalue weighted by Gasteiger charge is -2.42. The minimum Gasteiger partial charge on any atom is -0.369 e. The number of nitrogens with zero attached hydrogens (tertiary/aromatic N) is 2. The van der Waals surface area contributed by atoms with E-state index < -0.39 is 0 Å². The highest BCUT2D eigenvalue weighted by atomic mass is 79.9. The largest absolute Gasteiger partial charge is 0.369 e. The van der Waals surface area contributed by atoms with Gasteiger partial charge in [0.05, 0.1) is 11.7 Å². The van der Waals surface area contributed by atoms with Crippen LogP contribution in [-0.2, 0) is 11.3 Å². The summed E-state index contributed by atoms with van der Waals surface area (Å²) in [5.74, 6) is 1.06. The number of rotatable bonds is 3. The molecule has 1 aromatic heterocycles. The minimum atomic E-state index is -0.136. The first kappa shape index (κ1) is 14.8. The second-order valence-electron chi connectivity index (χ2n) is 5.74. The Hall–Kier alpha value is -0.650. The second-order valence-corrected chi connectivity index (χ2v) is 6.65. The molecule has 4 nitrogen and oxygen atoms in total. The third-order valence-corrected chi connectivity index (χ3v) is 3.58. The lowest BCUT2D eigenvalue weighted by atomic mass is 10.0. The molecule has 1 unspecified atom stereocenters. The molecular formula is C14H22BrN3O. The molecule has 0 aromatic carbocycles. The maximum atomic E-state index is 5.95. The van der Waals surface area contributed by atoms with Crippen molar-refractivity contribution in [2.24, 2.45) is 0 Å². The van der Waals surface area contributed by atoms with Gasteiger partial charge < -0.3 is 15.0 Å². The zero-order valence-corrected chi connectivity index (χ0v) is 13.6. The summed E-state index contributed by atoms with van der Waals surface area (Å²) in [6.07, 6.45) is 2.08. The Morgan fingerprint density at radius 3 is 2.95 bits per heavy atom. The van der Waals surface area contributed by atoms with Crippen molar-refractivity contribution in [3.63, 3.8) is 0 Å². The van der Waals surface area contributed by atoms with Gasteiger partial charge in [-0.1, -0.05) is 0 Å². The van der Waals surface area contributed by atoms with E-state index in [1.165, 1.54) is 5.56 Å². The molecule has 0 saturated carbocycles. The monoisotopic (exact) mass is 327 g/mol. The van der Waals surface area contributed by atoms with E-state index in [2.05, 4.69) is 58.0 Å². The topological polar surface area (TPSA) is 37.4 Å². The number of anilines is 1. The van der Waals surface area contributed by atoms with Crippen molar-refractivity contribution in [1.82, 2.24) is 10.3 Å². The van der Waals surface area contributed by atoms with Gasteiger partial charge in [0, 0.05) is 35.9 Å². The van der Waals surface area contributed by atoms with Gasteiger partial charge in [-0.2, -0.15) is 0 Å². The molecule has 0 aliphatic carbocycles. The number of aromatic nitrogens is 1. The van der Waals surface area contributed by atoms with Crippen LogP contribution >= 0.6 is 15.9 Å². The molecule has 1 aliphatic heterocycles. The molecule has 0 bridgehead atoms. The number of nitrogens with one attached hydrogen (secondary N) is 1. The van der Waals surface area contributed by atoms with Crippen LogP contribution < -0.4 is 10.2 Å². The average Bonchev–Trinajstić information content (AvgIpc) is 2.26. The first-order valence-corrected chi connectivity index (χ1v) is 7.42. The molecule has 1 N–H and O–H groups in total. The zero-order chi connectivity index (χ0) is 14.0. The Morgan fingerprint density at radius 1 is 1.58 bits per heavy atom. The second kappa shape index (κ2) is 5.77. The summed E-state index contributed by atoms with van der Waals surface area (Å²) in [4.78, 5) is 6.93. The van der Waals surface area contributed by atoms with Crippen molar-refractivity contribution in [3.8, 4) is 0 Å². The summed E-state index contributed by atoms with van der Waals surface area (Å²) < 4.78 is 6.97. The van der Waals surface area contributed by atoms with Crippen molar-refractivity contribution in [2.75, 3.05) is 25.0 Å². The Bertz CT molecular complexity index is 450. The third kappa shape index (κ3) is 3.68. The fourth-order valence-corrected chi connectivity index (χ4v) is 3.07. The molecule has 0 spiro atoms. The lowest BCUT2D eigenvalue weighted by Crippen LogP contribution is -2.52. The van der Waals surface area contributed by atoms with Crippen molar-refractivity contribution < 1.29 is 4.74 Å². The van der Waals surface area contributed by atoms with E-state index in [4.69, 9.17) is 4.74 Å². The molecule has 1 fully saturated rings. The van der Waals surface area contributed by atoms with Crippen molar-refractivity contribution in [2.45, 2.75) is 39.0 Å². The molecule has 0 amide bonds. The Morgan fingerprint density at radius 2 is 2.32 bits per heavy atom. The number of pyridine rings is 1. The highest BCUT2D eigenvalue weighted by molar-refractivity contribution is 9.10. The molecule has 106 valence electrons.